The first-order chi connectivity index (χ1) is 25.1. The highest BCUT2D eigenvalue weighted by molar-refractivity contribution is 6.03. The van der Waals surface area contributed by atoms with Crippen LogP contribution in [0.2, 0.25) is 0 Å². The lowest BCUT2D eigenvalue weighted by Crippen LogP contribution is -2.63. The first-order valence-corrected chi connectivity index (χ1v) is 16.0. The number of phenols is 1. The summed E-state index contributed by atoms with van der Waals surface area (Å²) in [5, 5.41) is 22.2. The van der Waals surface area contributed by atoms with Crippen LogP contribution in [0.15, 0.2) is 66.7 Å². The smallest absolute Gasteiger partial charge is 0.343 e. The van der Waals surface area contributed by atoms with E-state index in [4.69, 9.17) is 33.2 Å². The Labute approximate surface area is 301 Å². The van der Waals surface area contributed by atoms with Crippen molar-refractivity contribution in [2.24, 2.45) is 0 Å². The minimum Gasteiger partial charge on any atom is -0.507 e. The van der Waals surface area contributed by atoms with Gasteiger partial charge in [-0.1, -0.05) is 30.3 Å². The second-order valence-corrected chi connectivity index (χ2v) is 11.6. The lowest BCUT2D eigenvalue weighted by atomic mass is 9.98. The number of hydrogen-bond donors (Lipinski definition) is 1. The summed E-state index contributed by atoms with van der Waals surface area (Å²) in [4.78, 5) is 85.3. The molecule has 0 bridgehead atoms. The first kappa shape index (κ1) is 39.4. The molecule has 280 valence electrons. The predicted molar refractivity (Wildman–Crippen MR) is 178 cm³/mol. The normalized spacial score (nSPS) is 19.2. The molecular formula is C36H35NO16. The van der Waals surface area contributed by atoms with Gasteiger partial charge >= 0.3 is 29.8 Å². The molecule has 17 heteroatoms. The van der Waals surface area contributed by atoms with E-state index < -0.39 is 94.9 Å². The highest BCUT2D eigenvalue weighted by atomic mass is 16.7. The number of Topliss-reactive ketones (excluding diaryl/α,β-unsaturated/α-hetero) is 1. The standard InChI is InChI=1S/C36H35NO16/c1-19(38)47-18-30-32(48-20(2)39)33(49-21(3)40)34(50-22(4)41)36(53-30)51-26-16-28(43)31(29(17-26)52-35(44)24-8-6-5-7-9-24)27(42)15-12-23-10-13-25(14-11-23)37(45)46/h5-11,13-14,16-17,30,32-34,36,43H,12,15,18H2,1-4H3/t30-,32+,33-,34+,36-/m0/s1. The van der Waals surface area contributed by atoms with Crippen molar-refractivity contribution in [3.8, 4) is 17.2 Å². The number of esters is 5. The molecule has 0 radical (unpaired) electrons. The van der Waals surface area contributed by atoms with Gasteiger partial charge in [0.05, 0.1) is 10.5 Å². The second-order valence-electron chi connectivity index (χ2n) is 11.6. The number of nitro benzene ring substituents is 1. The molecule has 5 atom stereocenters. The summed E-state index contributed by atoms with van der Waals surface area (Å²) in [6.07, 6.45) is -7.85. The quantitative estimate of drug-likeness (QED) is 0.0619. The zero-order valence-corrected chi connectivity index (χ0v) is 28.9. The topological polar surface area (TPSA) is 230 Å². The van der Waals surface area contributed by atoms with E-state index in [-0.39, 0.29) is 29.8 Å². The molecule has 1 N–H and O–H groups in total. The van der Waals surface area contributed by atoms with Gasteiger partial charge in [0, 0.05) is 58.4 Å². The molecule has 1 aliphatic heterocycles. The van der Waals surface area contributed by atoms with Crippen LogP contribution < -0.4 is 9.47 Å². The van der Waals surface area contributed by atoms with Gasteiger partial charge in [0.2, 0.25) is 12.4 Å². The van der Waals surface area contributed by atoms with Crippen molar-refractivity contribution in [1.82, 2.24) is 0 Å². The Morgan fingerprint density at radius 1 is 0.792 bits per heavy atom. The summed E-state index contributed by atoms with van der Waals surface area (Å²) >= 11 is 0. The summed E-state index contributed by atoms with van der Waals surface area (Å²) in [7, 11) is 0. The van der Waals surface area contributed by atoms with Gasteiger partial charge in [-0.25, -0.2) is 4.79 Å². The molecule has 0 aromatic heterocycles. The molecule has 1 fully saturated rings. The number of nitrogens with zero attached hydrogens (tertiary/aromatic N) is 1. The van der Waals surface area contributed by atoms with Crippen molar-refractivity contribution in [1.29, 1.82) is 0 Å². The first-order valence-electron chi connectivity index (χ1n) is 16.0. The lowest BCUT2D eigenvalue weighted by Gasteiger charge is -2.43. The van der Waals surface area contributed by atoms with E-state index in [9.17, 15) is 44.0 Å². The summed E-state index contributed by atoms with van der Waals surface area (Å²) < 4.78 is 38.8. The Morgan fingerprint density at radius 3 is 1.98 bits per heavy atom. The molecule has 0 aliphatic carbocycles. The maximum atomic E-state index is 13.6. The number of carbonyl (C=O) groups is 6. The fourth-order valence-corrected chi connectivity index (χ4v) is 5.32. The van der Waals surface area contributed by atoms with E-state index in [1.54, 1.807) is 18.2 Å². The van der Waals surface area contributed by atoms with E-state index >= 15 is 0 Å². The Hall–Kier alpha value is -6.36. The van der Waals surface area contributed by atoms with Crippen molar-refractivity contribution in [2.75, 3.05) is 6.61 Å². The molecule has 17 nitrogen and oxygen atoms in total. The molecule has 0 saturated carbocycles. The van der Waals surface area contributed by atoms with Crippen molar-refractivity contribution < 1.29 is 72.0 Å². The SMILES string of the molecule is CC(=O)OC[C@@H]1O[C@H](Oc2cc(O)c(C(=O)CCc3ccc([N+](=O)[O-])cc3)c(OC(=O)c3ccccc3)c2)[C@H](OC(C)=O)[C@@H](OC(C)=O)[C@@H]1OC(C)=O. The van der Waals surface area contributed by atoms with Crippen LogP contribution in [0.5, 0.6) is 17.2 Å². The van der Waals surface area contributed by atoms with Crippen molar-refractivity contribution in [3.05, 3.63) is 93.5 Å². The molecular weight excluding hydrogens is 702 g/mol. The minimum absolute atomic E-state index is 0.0992. The van der Waals surface area contributed by atoms with Gasteiger partial charge in [-0.05, 0) is 24.1 Å². The van der Waals surface area contributed by atoms with Crippen molar-refractivity contribution in [2.45, 2.75) is 71.2 Å². The van der Waals surface area contributed by atoms with Gasteiger partial charge in [-0.2, -0.15) is 0 Å². The summed E-state index contributed by atoms with van der Waals surface area (Å²) in [5.74, 6) is -6.35. The van der Waals surface area contributed by atoms with Gasteiger partial charge in [0.15, 0.2) is 18.0 Å². The number of ketones is 1. The molecule has 3 aromatic carbocycles. The number of aryl methyl sites for hydroxylation is 1. The Bertz CT molecular complexity index is 1860. The second kappa shape index (κ2) is 17.7. The van der Waals surface area contributed by atoms with Crippen LogP contribution in [-0.4, -0.2) is 83.0 Å². The predicted octanol–water partition coefficient (Wildman–Crippen LogP) is 3.80. The average molecular weight is 738 g/mol. The van der Waals surface area contributed by atoms with E-state index in [1.807, 2.05) is 0 Å². The molecule has 1 heterocycles. The number of phenolic OH excluding ortho intramolecular Hbond substituents is 1. The van der Waals surface area contributed by atoms with Crippen molar-refractivity contribution >= 4 is 41.3 Å². The highest BCUT2D eigenvalue weighted by Gasteiger charge is 2.53. The fourth-order valence-electron chi connectivity index (χ4n) is 5.32. The third kappa shape index (κ3) is 10.8. The number of aromatic hydroxyl groups is 1. The van der Waals surface area contributed by atoms with E-state index in [0.29, 0.717) is 5.56 Å². The lowest BCUT2D eigenvalue weighted by molar-refractivity contribution is -0.384. The molecule has 3 aromatic rings. The van der Waals surface area contributed by atoms with Crippen LogP contribution >= 0.6 is 0 Å². The Morgan fingerprint density at radius 2 is 1.40 bits per heavy atom. The third-order valence-electron chi connectivity index (χ3n) is 7.53. The molecule has 4 rings (SSSR count). The molecule has 0 amide bonds. The van der Waals surface area contributed by atoms with E-state index in [2.05, 4.69) is 0 Å². The minimum atomic E-state index is -1.71. The molecule has 0 spiro atoms. The third-order valence-corrected chi connectivity index (χ3v) is 7.53. The van der Waals surface area contributed by atoms with Crippen LogP contribution in [-0.2, 0) is 49.3 Å². The van der Waals surface area contributed by atoms with Gasteiger partial charge in [-0.15, -0.1) is 0 Å². The number of benzene rings is 3. The highest BCUT2D eigenvalue weighted by Crippen LogP contribution is 2.38. The fraction of sp³-hybridized carbons (Fsp3) is 0.333. The molecule has 0 unspecified atom stereocenters. The van der Waals surface area contributed by atoms with Gasteiger partial charge < -0.3 is 38.3 Å². The molecule has 53 heavy (non-hydrogen) atoms. The number of ether oxygens (including phenoxy) is 7. The summed E-state index contributed by atoms with van der Waals surface area (Å²) in [6.45, 7) is 3.72. The molecule has 1 aliphatic rings. The molecule has 1 saturated heterocycles. The number of hydrogen-bond acceptors (Lipinski definition) is 16. The average Bonchev–Trinajstić information content (AvgIpc) is 3.08. The number of nitro groups is 1. The van der Waals surface area contributed by atoms with Crippen LogP contribution in [0, 0.1) is 10.1 Å². The number of non-ortho nitro benzene ring substituents is 1. The van der Waals surface area contributed by atoms with Gasteiger partial charge in [0.1, 0.15) is 35.5 Å². The van der Waals surface area contributed by atoms with Gasteiger partial charge in [-0.3, -0.25) is 34.1 Å². The number of rotatable bonds is 14. The zero-order chi connectivity index (χ0) is 38.8. The Kier molecular flexibility index (Phi) is 13.2. The van der Waals surface area contributed by atoms with E-state index in [1.165, 1.54) is 36.4 Å². The number of carbonyl (C=O) groups excluding carboxylic acids is 6. The van der Waals surface area contributed by atoms with Gasteiger partial charge in [0.25, 0.3) is 5.69 Å². The summed E-state index contributed by atoms with van der Waals surface area (Å²) in [6, 6.07) is 15.3. The summed E-state index contributed by atoms with van der Waals surface area (Å²) in [5.41, 5.74) is 0.141. The largest absolute Gasteiger partial charge is 0.507 e. The zero-order valence-electron chi connectivity index (χ0n) is 28.9. The monoisotopic (exact) mass is 737 g/mol. The van der Waals surface area contributed by atoms with Crippen LogP contribution in [0.4, 0.5) is 5.69 Å². The maximum Gasteiger partial charge on any atom is 0.343 e. The maximum absolute atomic E-state index is 13.6. The van der Waals surface area contributed by atoms with E-state index in [0.717, 1.165) is 39.8 Å². The van der Waals surface area contributed by atoms with Crippen molar-refractivity contribution in [3.63, 3.8) is 0 Å². The van der Waals surface area contributed by atoms with Crippen LogP contribution in [0.1, 0.15) is 60.4 Å². The van der Waals surface area contributed by atoms with Crippen LogP contribution in [0.3, 0.4) is 0 Å². The van der Waals surface area contributed by atoms with Crippen LogP contribution in [0.25, 0.3) is 0 Å². The Balaban J connectivity index is 1.73.